The van der Waals surface area contributed by atoms with Crippen LogP contribution in [0.25, 0.3) is 0 Å². The molecule has 1 saturated heterocycles. The van der Waals surface area contributed by atoms with Crippen LogP contribution in [0.1, 0.15) is 27.7 Å². The summed E-state index contributed by atoms with van der Waals surface area (Å²) >= 11 is 8.84. The van der Waals surface area contributed by atoms with Crippen LogP contribution in [0.2, 0.25) is 23.2 Å². The molecule has 1 heterocycles. The van der Waals surface area contributed by atoms with Crippen molar-refractivity contribution in [1.82, 2.24) is 4.90 Å². The molecular weight excluding hydrogens is 455 g/mol. The number of β-lactam (4-membered cyclic amide) rings is 1. The number of amides is 1. The normalized spacial score (nSPS) is 21.8. The molecule has 0 aromatic heterocycles. The molecule has 2 rings (SSSR count). The Morgan fingerprint density at radius 1 is 1.39 bits per heavy atom. The van der Waals surface area contributed by atoms with E-state index < -0.39 is 8.32 Å². The van der Waals surface area contributed by atoms with Gasteiger partial charge in [-0.3, -0.25) is 0 Å². The van der Waals surface area contributed by atoms with Gasteiger partial charge >= 0.3 is 183 Å². The third-order valence-electron chi connectivity index (χ3n) is 5.53. The molecule has 0 N–H and O–H groups in total. The molecule has 151 valence electrons. The Bertz CT molecular complexity index is 811. The van der Waals surface area contributed by atoms with Gasteiger partial charge in [-0.25, -0.2) is 0 Å². The zero-order valence-corrected chi connectivity index (χ0v) is 20.8. The van der Waals surface area contributed by atoms with Gasteiger partial charge in [-0.05, 0) is 0 Å². The summed E-state index contributed by atoms with van der Waals surface area (Å²) in [5.74, 6) is -0.277. The van der Waals surface area contributed by atoms with Gasteiger partial charge in [0.15, 0.2) is 0 Å². The number of hydrogen-bond donors (Lipinski definition) is 0. The average Bonchev–Trinajstić information content (AvgIpc) is 2.55. The Morgan fingerprint density at radius 2 is 1.96 bits per heavy atom. The summed E-state index contributed by atoms with van der Waals surface area (Å²) in [5.41, 5.74) is 3.55. The van der Waals surface area contributed by atoms with Gasteiger partial charge in [-0.2, -0.15) is 0 Å². The zero-order chi connectivity index (χ0) is 21.3. The molecular formula is C21H28ClN2O2SeSi. The SMILES string of the molecule is C=C=C[C@@H]1[C@@H]([C@@H](C)O[Si](C)(C)C(C)(C)C)C(=O)N1C([Se])=Nc1ccc(Cl)cc1. The molecule has 28 heavy (non-hydrogen) atoms. The van der Waals surface area contributed by atoms with Crippen molar-refractivity contribution in [1.29, 1.82) is 0 Å². The van der Waals surface area contributed by atoms with E-state index in [1.807, 2.05) is 25.1 Å². The number of carbonyl (C=O) groups excluding carboxylic acids is 1. The molecule has 0 spiro atoms. The third kappa shape index (κ3) is 4.88. The Morgan fingerprint density at radius 3 is 2.46 bits per heavy atom. The molecule has 0 unspecified atom stereocenters. The maximum atomic E-state index is 13.0. The monoisotopic (exact) mass is 483 g/mol. The van der Waals surface area contributed by atoms with Crippen molar-refractivity contribution in [3.8, 4) is 0 Å². The Kier molecular flexibility index (Phi) is 7.20. The number of halogens is 1. The van der Waals surface area contributed by atoms with Gasteiger partial charge in [0.05, 0.1) is 0 Å². The van der Waals surface area contributed by atoms with E-state index in [2.05, 4.69) is 67.2 Å². The van der Waals surface area contributed by atoms with Gasteiger partial charge in [0.2, 0.25) is 0 Å². The van der Waals surface area contributed by atoms with Crippen molar-refractivity contribution >= 4 is 52.3 Å². The van der Waals surface area contributed by atoms with Crippen LogP contribution < -0.4 is 0 Å². The van der Waals surface area contributed by atoms with Crippen molar-refractivity contribution in [2.24, 2.45) is 10.9 Å². The van der Waals surface area contributed by atoms with Crippen molar-refractivity contribution in [3.05, 3.63) is 47.7 Å². The van der Waals surface area contributed by atoms with Crippen LogP contribution in [0.4, 0.5) is 5.69 Å². The van der Waals surface area contributed by atoms with Gasteiger partial charge in [-0.1, -0.05) is 0 Å². The standard InChI is InChI=1S/C21H28ClN2O2SeSi/c1-8-9-17-18(14(2)26-28(6,7)21(3,4)5)19(25)24(17)20(27)23-16-12-10-15(22)11-13-16/h9-14,17-18H,1H2,2-7H3/t14-,17-,18-/m1/s1. The number of likely N-dealkylation sites (tertiary alicyclic amines) is 1. The fraction of sp³-hybridized carbons (Fsp3) is 0.476. The topological polar surface area (TPSA) is 41.9 Å². The fourth-order valence-corrected chi connectivity index (χ4v) is 5.15. The molecule has 0 bridgehead atoms. The number of carbonyl (C=O) groups is 1. The summed E-state index contributed by atoms with van der Waals surface area (Å²) in [6, 6.07) is 6.97. The Labute approximate surface area is 182 Å². The molecule has 1 aromatic rings. The molecule has 7 heteroatoms. The third-order valence-corrected chi connectivity index (χ3v) is 11.0. The zero-order valence-electron chi connectivity index (χ0n) is 17.3. The molecule has 1 aliphatic heterocycles. The number of aliphatic imine (C=N–C) groups is 1. The summed E-state index contributed by atoms with van der Waals surface area (Å²) < 4.78 is 6.98. The molecule has 1 fully saturated rings. The van der Waals surface area contributed by atoms with Crippen LogP contribution in [0.5, 0.6) is 0 Å². The van der Waals surface area contributed by atoms with E-state index in [-0.39, 0.29) is 29.0 Å². The molecule has 3 atom stereocenters. The second-order valence-electron chi connectivity index (χ2n) is 8.55. The van der Waals surface area contributed by atoms with E-state index >= 15 is 0 Å². The minimum absolute atomic E-state index is 0.00540. The van der Waals surface area contributed by atoms with Crippen LogP contribution in [0.3, 0.4) is 0 Å². The predicted molar refractivity (Wildman–Crippen MR) is 120 cm³/mol. The number of rotatable bonds is 5. The first-order valence-corrected chi connectivity index (χ1v) is 13.4. The summed E-state index contributed by atoms with van der Waals surface area (Å²) in [7, 11) is -1.98. The van der Waals surface area contributed by atoms with E-state index in [4.69, 9.17) is 16.0 Å². The number of amidine groups is 1. The van der Waals surface area contributed by atoms with Crippen molar-refractivity contribution in [2.45, 2.75) is 58.0 Å². The minimum atomic E-state index is -1.98. The molecule has 0 aliphatic carbocycles. The van der Waals surface area contributed by atoms with Crippen LogP contribution in [-0.2, 0) is 9.22 Å². The summed E-state index contributed by atoms with van der Waals surface area (Å²) in [4.78, 5) is 19.1. The number of nitrogens with zero attached hydrogens (tertiary/aromatic N) is 2. The molecule has 4 nitrogen and oxygen atoms in total. The van der Waals surface area contributed by atoms with Crippen LogP contribution >= 0.6 is 11.6 Å². The van der Waals surface area contributed by atoms with Gasteiger partial charge in [0.1, 0.15) is 0 Å². The van der Waals surface area contributed by atoms with E-state index in [0.717, 1.165) is 5.69 Å². The van der Waals surface area contributed by atoms with Gasteiger partial charge in [0, 0.05) is 0 Å². The van der Waals surface area contributed by atoms with E-state index in [9.17, 15) is 4.79 Å². The van der Waals surface area contributed by atoms with E-state index in [1.165, 1.54) is 0 Å². The second-order valence-corrected chi connectivity index (χ2v) is 14.5. The van der Waals surface area contributed by atoms with Crippen LogP contribution in [-0.4, -0.2) is 52.0 Å². The fourth-order valence-electron chi connectivity index (χ4n) is 2.93. The van der Waals surface area contributed by atoms with Crippen molar-refractivity contribution in [2.75, 3.05) is 0 Å². The summed E-state index contributed by atoms with van der Waals surface area (Å²) in [6.07, 6.45) is 1.62. The molecule has 1 aliphatic rings. The predicted octanol–water partition coefficient (Wildman–Crippen LogP) is 5.07. The summed E-state index contributed by atoms with van der Waals surface area (Å²) in [6.45, 7) is 16.7. The molecule has 0 saturated carbocycles. The van der Waals surface area contributed by atoms with Gasteiger partial charge in [-0.15, -0.1) is 0 Å². The molecule has 1 amide bonds. The first kappa shape index (κ1) is 23.1. The van der Waals surface area contributed by atoms with E-state index in [0.29, 0.717) is 9.76 Å². The van der Waals surface area contributed by atoms with Crippen LogP contribution in [0.15, 0.2) is 47.6 Å². The summed E-state index contributed by atoms with van der Waals surface area (Å²) in [5, 5.41) is 0.724. The maximum absolute atomic E-state index is 13.0. The van der Waals surface area contributed by atoms with Gasteiger partial charge in [0.25, 0.3) is 0 Å². The number of benzene rings is 1. The quantitative estimate of drug-likeness (QED) is 0.193. The van der Waals surface area contributed by atoms with E-state index in [1.54, 1.807) is 17.0 Å². The Balaban J connectivity index is 2.23. The van der Waals surface area contributed by atoms with Crippen molar-refractivity contribution in [3.63, 3.8) is 0 Å². The number of hydrogen-bond acceptors (Lipinski definition) is 3. The average molecular weight is 483 g/mol. The first-order chi connectivity index (χ1) is 12.9. The Hall–Kier alpha value is -1.13. The second kappa shape index (κ2) is 8.70. The molecule has 1 aromatic carbocycles. The van der Waals surface area contributed by atoms with Crippen molar-refractivity contribution < 1.29 is 9.22 Å². The first-order valence-electron chi connectivity index (χ1n) is 9.27. The molecule has 1 radical (unpaired) electrons. The van der Waals surface area contributed by atoms with Crippen LogP contribution in [0, 0.1) is 5.92 Å². The van der Waals surface area contributed by atoms with Gasteiger partial charge < -0.3 is 0 Å².